The van der Waals surface area contributed by atoms with Gasteiger partial charge in [-0.15, -0.1) is 0 Å². The lowest BCUT2D eigenvalue weighted by molar-refractivity contribution is -0.142. The summed E-state index contributed by atoms with van der Waals surface area (Å²) in [5, 5.41) is 9.67. The molecule has 3 aliphatic rings. The van der Waals surface area contributed by atoms with Crippen molar-refractivity contribution in [3.8, 4) is 0 Å². The summed E-state index contributed by atoms with van der Waals surface area (Å²) in [6.07, 6.45) is 2.31. The van der Waals surface area contributed by atoms with Gasteiger partial charge in [-0.2, -0.15) is 0 Å². The van der Waals surface area contributed by atoms with Gasteiger partial charge in [0, 0.05) is 50.6 Å². The quantitative estimate of drug-likeness (QED) is 0.481. The number of benzene rings is 2. The van der Waals surface area contributed by atoms with E-state index in [2.05, 4.69) is 16.0 Å². The number of nitrogens with zero attached hydrogens (tertiary/aromatic N) is 2. The second-order valence-corrected chi connectivity index (χ2v) is 13.8. The fraction of sp³-hybridized carbons (Fsp3) is 0.500. The van der Waals surface area contributed by atoms with Gasteiger partial charge >= 0.3 is 0 Å². The Kier molecular flexibility index (Phi) is 8.49. The minimum absolute atomic E-state index is 0.00781. The molecule has 0 unspecified atom stereocenters. The van der Waals surface area contributed by atoms with Crippen LogP contribution in [-0.2, 0) is 43.7 Å². The van der Waals surface area contributed by atoms with E-state index in [-0.39, 0.29) is 53.7 Å². The first-order valence-electron chi connectivity index (χ1n) is 14.2. The van der Waals surface area contributed by atoms with Gasteiger partial charge in [-0.1, -0.05) is 50.2 Å². The van der Waals surface area contributed by atoms with E-state index in [0.29, 0.717) is 32.5 Å². The summed E-state index contributed by atoms with van der Waals surface area (Å²) < 4.78 is 23.8. The highest BCUT2D eigenvalue weighted by Gasteiger charge is 2.46. The molecule has 0 saturated carbocycles. The van der Waals surface area contributed by atoms with Crippen LogP contribution in [0.25, 0.3) is 0 Å². The maximum absolute atomic E-state index is 14.2. The molecule has 4 atom stereocenters. The van der Waals surface area contributed by atoms with E-state index in [1.165, 1.54) is 6.26 Å². The average molecular weight is 582 g/mol. The van der Waals surface area contributed by atoms with Crippen LogP contribution in [0.5, 0.6) is 0 Å². The van der Waals surface area contributed by atoms with Gasteiger partial charge in [0.05, 0.1) is 17.4 Å². The standard InChI is InChI=1S/C30H39N5O5S/c1-19(2)32-24-13-26-29(37)31-15-22-7-5-4-6-21(22)12-28(36)33-23-14-27(30(38)35(26)18-24)34(17-23)16-20-8-10-25(11-9-20)41(3,39)40/h4-11,19,23-24,26-27,32H,12-18H2,1-3H3,(H,31,37)(H,33,36)/t23-,24+,26+,27+/m1/s1. The van der Waals surface area contributed by atoms with Crippen molar-refractivity contribution in [1.82, 2.24) is 25.8 Å². The first kappa shape index (κ1) is 29.2. The van der Waals surface area contributed by atoms with Gasteiger partial charge in [0.25, 0.3) is 0 Å². The van der Waals surface area contributed by atoms with Crippen LogP contribution >= 0.6 is 0 Å². The molecule has 2 saturated heterocycles. The molecule has 2 bridgehead atoms. The van der Waals surface area contributed by atoms with Gasteiger partial charge in [0.15, 0.2) is 9.84 Å². The molecule has 220 valence electrons. The van der Waals surface area contributed by atoms with Crippen LogP contribution < -0.4 is 16.0 Å². The van der Waals surface area contributed by atoms with Gasteiger partial charge in [-0.05, 0) is 41.7 Å². The molecule has 0 aliphatic carbocycles. The first-order valence-corrected chi connectivity index (χ1v) is 16.1. The summed E-state index contributed by atoms with van der Waals surface area (Å²) in [4.78, 5) is 44.8. The molecular formula is C30H39N5O5S. The number of amides is 3. The summed E-state index contributed by atoms with van der Waals surface area (Å²) in [7, 11) is -3.32. The zero-order valence-corrected chi connectivity index (χ0v) is 24.6. The van der Waals surface area contributed by atoms with Gasteiger partial charge in [-0.25, -0.2) is 8.42 Å². The number of carbonyl (C=O) groups is 3. The van der Waals surface area contributed by atoms with Gasteiger partial charge in [0.2, 0.25) is 17.7 Å². The lowest BCUT2D eigenvalue weighted by atomic mass is 10.0. The SMILES string of the molecule is CC(C)N[C@H]1C[C@H]2C(=O)NCc3ccccc3CC(=O)N[C@@H]3C[C@@H](C(=O)N2C1)N(Cc1ccc(S(C)(=O)=O)cc1)C3. The number of fused-ring (bicyclic) bond motifs is 4. The third-order valence-electron chi connectivity index (χ3n) is 8.17. The van der Waals surface area contributed by atoms with Crippen LogP contribution in [0.3, 0.4) is 0 Å². The molecule has 0 spiro atoms. The molecular weight excluding hydrogens is 542 g/mol. The Labute approximate surface area is 241 Å². The van der Waals surface area contributed by atoms with Crippen LogP contribution in [0.2, 0.25) is 0 Å². The minimum Gasteiger partial charge on any atom is -0.352 e. The van der Waals surface area contributed by atoms with Crippen molar-refractivity contribution in [1.29, 1.82) is 0 Å². The lowest BCUT2D eigenvalue weighted by Gasteiger charge is -2.31. The molecule has 3 heterocycles. The van der Waals surface area contributed by atoms with Crippen molar-refractivity contribution in [2.24, 2.45) is 0 Å². The van der Waals surface area contributed by atoms with E-state index in [0.717, 1.165) is 16.7 Å². The Balaban J connectivity index is 1.45. The van der Waals surface area contributed by atoms with Crippen molar-refractivity contribution >= 4 is 27.6 Å². The number of rotatable bonds is 5. The Bertz CT molecular complexity index is 1410. The molecule has 0 aromatic heterocycles. The normalized spacial score (nSPS) is 25.9. The predicted molar refractivity (Wildman–Crippen MR) is 154 cm³/mol. The van der Waals surface area contributed by atoms with Crippen LogP contribution in [0.4, 0.5) is 0 Å². The average Bonchev–Trinajstić information content (AvgIpc) is 3.50. The zero-order valence-electron chi connectivity index (χ0n) is 23.8. The van der Waals surface area contributed by atoms with Crippen LogP contribution in [0.15, 0.2) is 53.4 Å². The Morgan fingerprint density at radius 1 is 0.951 bits per heavy atom. The topological polar surface area (TPSA) is 128 Å². The van der Waals surface area contributed by atoms with E-state index in [9.17, 15) is 22.8 Å². The van der Waals surface area contributed by atoms with E-state index >= 15 is 0 Å². The lowest BCUT2D eigenvalue weighted by Crippen LogP contribution is -2.52. The second-order valence-electron chi connectivity index (χ2n) is 11.8. The van der Waals surface area contributed by atoms with Gasteiger partial charge in [0.1, 0.15) is 6.04 Å². The molecule has 0 radical (unpaired) electrons. The van der Waals surface area contributed by atoms with Crippen LogP contribution in [-0.4, -0.2) is 85.5 Å². The fourth-order valence-corrected chi connectivity index (χ4v) is 6.91. The molecule has 2 aromatic rings. The minimum atomic E-state index is -3.32. The molecule has 3 aliphatic heterocycles. The van der Waals surface area contributed by atoms with Crippen LogP contribution in [0, 0.1) is 0 Å². The predicted octanol–water partition coefficient (Wildman–Crippen LogP) is 0.989. The Morgan fingerprint density at radius 3 is 2.34 bits per heavy atom. The third kappa shape index (κ3) is 6.79. The monoisotopic (exact) mass is 581 g/mol. The van der Waals surface area contributed by atoms with Crippen molar-refractivity contribution < 1.29 is 22.8 Å². The maximum Gasteiger partial charge on any atom is 0.243 e. The zero-order chi connectivity index (χ0) is 29.3. The highest BCUT2D eigenvalue weighted by molar-refractivity contribution is 7.90. The molecule has 2 aromatic carbocycles. The summed E-state index contributed by atoms with van der Waals surface area (Å²) in [6.45, 7) is 5.69. The first-order chi connectivity index (χ1) is 19.5. The van der Waals surface area contributed by atoms with Gasteiger partial charge < -0.3 is 20.9 Å². The molecule has 10 nitrogen and oxygen atoms in total. The number of hydrogen-bond donors (Lipinski definition) is 3. The molecule has 11 heteroatoms. The smallest absolute Gasteiger partial charge is 0.243 e. The number of carbonyl (C=O) groups excluding carboxylic acids is 3. The van der Waals surface area contributed by atoms with Crippen molar-refractivity contribution in [3.05, 3.63) is 65.2 Å². The van der Waals surface area contributed by atoms with Crippen molar-refractivity contribution in [3.63, 3.8) is 0 Å². The fourth-order valence-electron chi connectivity index (χ4n) is 6.28. The summed E-state index contributed by atoms with van der Waals surface area (Å²) in [6, 6.07) is 13.1. The maximum atomic E-state index is 14.2. The largest absolute Gasteiger partial charge is 0.352 e. The third-order valence-corrected chi connectivity index (χ3v) is 9.30. The van der Waals surface area contributed by atoms with Gasteiger partial charge in [-0.3, -0.25) is 19.3 Å². The van der Waals surface area contributed by atoms with E-state index in [1.54, 1.807) is 29.2 Å². The summed E-state index contributed by atoms with van der Waals surface area (Å²) in [5.41, 5.74) is 2.60. The number of hydrogen-bond acceptors (Lipinski definition) is 7. The van der Waals surface area contributed by atoms with Crippen molar-refractivity contribution in [2.45, 2.75) is 81.3 Å². The molecule has 2 fully saturated rings. The Morgan fingerprint density at radius 2 is 1.66 bits per heavy atom. The highest BCUT2D eigenvalue weighted by atomic mass is 32.2. The molecule has 3 amide bonds. The Hall–Kier alpha value is -3.28. The van der Waals surface area contributed by atoms with E-state index in [1.807, 2.05) is 43.0 Å². The number of likely N-dealkylation sites (tertiary alicyclic amines) is 1. The van der Waals surface area contributed by atoms with Crippen molar-refractivity contribution in [2.75, 3.05) is 19.3 Å². The van der Waals surface area contributed by atoms with E-state index < -0.39 is 21.9 Å². The van der Waals surface area contributed by atoms with E-state index in [4.69, 9.17) is 0 Å². The second kappa shape index (κ2) is 11.9. The molecule has 3 N–H and O–H groups in total. The summed E-state index contributed by atoms with van der Waals surface area (Å²) >= 11 is 0. The summed E-state index contributed by atoms with van der Waals surface area (Å²) in [5.74, 6) is -0.447. The number of sulfone groups is 1. The van der Waals surface area contributed by atoms with Crippen LogP contribution in [0.1, 0.15) is 43.4 Å². The number of nitrogens with one attached hydrogen (secondary N) is 3. The molecule has 41 heavy (non-hydrogen) atoms. The highest BCUT2D eigenvalue weighted by Crippen LogP contribution is 2.28. The molecule has 5 rings (SSSR count).